The molecule has 0 unspecified atom stereocenters. The van der Waals surface area contributed by atoms with Gasteiger partial charge in [-0.15, -0.1) is 0 Å². The molecule has 2 N–H and O–H groups in total. The van der Waals surface area contributed by atoms with E-state index in [9.17, 15) is 0 Å². The topological polar surface area (TPSA) is 55.0 Å². The van der Waals surface area contributed by atoms with E-state index in [4.69, 9.17) is 5.73 Å². The molecular formula is C10H14N4. The van der Waals surface area contributed by atoms with Crippen LogP contribution in [0.25, 0.3) is 0 Å². The van der Waals surface area contributed by atoms with Crippen molar-refractivity contribution in [3.05, 3.63) is 18.5 Å². The Balaban J connectivity index is 1.69. The second-order valence-corrected chi connectivity index (χ2v) is 4.41. The van der Waals surface area contributed by atoms with Gasteiger partial charge in [-0.3, -0.25) is 0 Å². The van der Waals surface area contributed by atoms with E-state index in [0.717, 1.165) is 25.0 Å². The molecule has 0 bridgehead atoms. The molecule has 3 rings (SSSR count). The molecule has 0 spiro atoms. The Bertz CT molecular complexity index is 327. The molecule has 0 aromatic carbocycles. The molecular weight excluding hydrogens is 176 g/mol. The standard InChI is InChI=1S/C10H14N4/c11-10(8-2-3-8)6-14(7-10)9-12-4-1-5-13-9/h1,4-5,8H,2-3,6-7,11H2. The van der Waals surface area contributed by atoms with Crippen molar-refractivity contribution < 1.29 is 0 Å². The van der Waals surface area contributed by atoms with Crippen molar-refractivity contribution >= 4 is 5.95 Å². The van der Waals surface area contributed by atoms with Gasteiger partial charge in [0, 0.05) is 25.5 Å². The second-order valence-electron chi connectivity index (χ2n) is 4.41. The fourth-order valence-electron chi connectivity index (χ4n) is 2.18. The summed E-state index contributed by atoms with van der Waals surface area (Å²) in [7, 11) is 0. The molecule has 2 fully saturated rings. The first kappa shape index (κ1) is 8.17. The predicted molar refractivity (Wildman–Crippen MR) is 53.9 cm³/mol. The maximum absolute atomic E-state index is 6.24. The van der Waals surface area contributed by atoms with Crippen molar-refractivity contribution in [1.29, 1.82) is 0 Å². The molecule has 14 heavy (non-hydrogen) atoms. The molecule has 74 valence electrons. The third-order valence-corrected chi connectivity index (χ3v) is 3.20. The van der Waals surface area contributed by atoms with Crippen LogP contribution in [0.3, 0.4) is 0 Å². The van der Waals surface area contributed by atoms with Crippen LogP contribution in [0.1, 0.15) is 12.8 Å². The highest BCUT2D eigenvalue weighted by Gasteiger charge is 2.50. The van der Waals surface area contributed by atoms with E-state index in [1.54, 1.807) is 12.4 Å². The average Bonchev–Trinajstić information content (AvgIpc) is 2.98. The average molecular weight is 190 g/mol. The second kappa shape index (κ2) is 2.67. The summed E-state index contributed by atoms with van der Waals surface area (Å²) in [6.07, 6.45) is 6.16. The number of rotatable bonds is 2. The first-order valence-corrected chi connectivity index (χ1v) is 5.09. The van der Waals surface area contributed by atoms with Gasteiger partial charge in [0.25, 0.3) is 0 Å². The molecule has 1 aromatic heterocycles. The highest BCUT2D eigenvalue weighted by molar-refractivity contribution is 5.38. The summed E-state index contributed by atoms with van der Waals surface area (Å²) in [4.78, 5) is 10.6. The van der Waals surface area contributed by atoms with Crippen LogP contribution in [0.5, 0.6) is 0 Å². The molecule has 1 aromatic rings. The van der Waals surface area contributed by atoms with Gasteiger partial charge >= 0.3 is 0 Å². The SMILES string of the molecule is NC1(C2CC2)CN(c2ncccn2)C1. The van der Waals surface area contributed by atoms with Crippen LogP contribution in [-0.2, 0) is 0 Å². The van der Waals surface area contributed by atoms with Crippen LogP contribution in [0.4, 0.5) is 5.95 Å². The quantitative estimate of drug-likeness (QED) is 0.733. The van der Waals surface area contributed by atoms with Crippen LogP contribution in [0.15, 0.2) is 18.5 Å². The number of anilines is 1. The van der Waals surface area contributed by atoms with Crippen LogP contribution < -0.4 is 10.6 Å². The number of hydrogen-bond donors (Lipinski definition) is 1. The minimum absolute atomic E-state index is 0.0548. The van der Waals surface area contributed by atoms with E-state index < -0.39 is 0 Å². The Kier molecular flexibility index (Phi) is 1.56. The van der Waals surface area contributed by atoms with Gasteiger partial charge in [0.2, 0.25) is 5.95 Å². The lowest BCUT2D eigenvalue weighted by Crippen LogP contribution is -2.69. The van der Waals surface area contributed by atoms with E-state index >= 15 is 0 Å². The molecule has 1 saturated carbocycles. The Morgan fingerprint density at radius 3 is 2.50 bits per heavy atom. The molecule has 2 aliphatic rings. The zero-order valence-electron chi connectivity index (χ0n) is 8.06. The smallest absolute Gasteiger partial charge is 0.225 e. The van der Waals surface area contributed by atoms with Crippen molar-refractivity contribution in [3.8, 4) is 0 Å². The van der Waals surface area contributed by atoms with Crippen molar-refractivity contribution in [2.45, 2.75) is 18.4 Å². The van der Waals surface area contributed by atoms with E-state index in [-0.39, 0.29) is 5.54 Å². The van der Waals surface area contributed by atoms with Crippen LogP contribution >= 0.6 is 0 Å². The summed E-state index contributed by atoms with van der Waals surface area (Å²) in [5.74, 6) is 1.57. The molecule has 1 aliphatic heterocycles. The molecule has 1 saturated heterocycles. The monoisotopic (exact) mass is 190 g/mol. The van der Waals surface area contributed by atoms with Crippen LogP contribution in [0.2, 0.25) is 0 Å². The summed E-state index contributed by atoms with van der Waals surface area (Å²) in [6.45, 7) is 1.84. The molecule has 0 atom stereocenters. The van der Waals surface area contributed by atoms with E-state index in [2.05, 4.69) is 14.9 Å². The molecule has 2 heterocycles. The summed E-state index contributed by atoms with van der Waals surface area (Å²) in [5.41, 5.74) is 6.29. The number of aromatic nitrogens is 2. The minimum Gasteiger partial charge on any atom is -0.337 e. The maximum Gasteiger partial charge on any atom is 0.225 e. The first-order valence-electron chi connectivity index (χ1n) is 5.09. The molecule has 0 radical (unpaired) electrons. The third kappa shape index (κ3) is 1.18. The minimum atomic E-state index is 0.0548. The zero-order chi connectivity index (χ0) is 9.60. The van der Waals surface area contributed by atoms with E-state index in [1.165, 1.54) is 12.8 Å². The third-order valence-electron chi connectivity index (χ3n) is 3.20. The van der Waals surface area contributed by atoms with E-state index in [0.29, 0.717) is 0 Å². The van der Waals surface area contributed by atoms with Gasteiger partial charge in [-0.25, -0.2) is 9.97 Å². The Labute approximate surface area is 83.1 Å². The van der Waals surface area contributed by atoms with Crippen LogP contribution in [-0.4, -0.2) is 28.6 Å². The first-order chi connectivity index (χ1) is 6.78. The maximum atomic E-state index is 6.24. The number of hydrogen-bond acceptors (Lipinski definition) is 4. The molecule has 4 heteroatoms. The normalized spacial score (nSPS) is 24.5. The summed E-state index contributed by atoms with van der Waals surface area (Å²) in [6, 6.07) is 1.83. The number of nitrogens with zero attached hydrogens (tertiary/aromatic N) is 3. The van der Waals surface area contributed by atoms with Crippen molar-refractivity contribution in [3.63, 3.8) is 0 Å². The lowest BCUT2D eigenvalue weighted by Gasteiger charge is -2.48. The number of nitrogens with two attached hydrogens (primary N) is 1. The lowest BCUT2D eigenvalue weighted by atomic mass is 9.86. The Morgan fingerprint density at radius 1 is 1.29 bits per heavy atom. The van der Waals surface area contributed by atoms with Gasteiger partial charge in [-0.1, -0.05) is 0 Å². The van der Waals surface area contributed by atoms with Gasteiger partial charge in [0.15, 0.2) is 0 Å². The van der Waals surface area contributed by atoms with Crippen molar-refractivity contribution in [2.24, 2.45) is 11.7 Å². The summed E-state index contributed by atoms with van der Waals surface area (Å²) >= 11 is 0. The van der Waals surface area contributed by atoms with Gasteiger partial charge in [0.1, 0.15) is 0 Å². The predicted octanol–water partition coefficient (Wildman–Crippen LogP) is 0.404. The Morgan fingerprint density at radius 2 is 1.93 bits per heavy atom. The summed E-state index contributed by atoms with van der Waals surface area (Å²) < 4.78 is 0. The zero-order valence-corrected chi connectivity index (χ0v) is 8.06. The highest BCUT2D eigenvalue weighted by Crippen LogP contribution is 2.43. The summed E-state index contributed by atoms with van der Waals surface area (Å²) in [5, 5.41) is 0. The highest BCUT2D eigenvalue weighted by atomic mass is 15.3. The molecule has 1 aliphatic carbocycles. The largest absolute Gasteiger partial charge is 0.337 e. The van der Waals surface area contributed by atoms with Gasteiger partial charge in [-0.05, 0) is 24.8 Å². The Hall–Kier alpha value is -1.16. The van der Waals surface area contributed by atoms with Crippen LogP contribution in [0, 0.1) is 5.92 Å². The molecule has 0 amide bonds. The van der Waals surface area contributed by atoms with Gasteiger partial charge < -0.3 is 10.6 Å². The van der Waals surface area contributed by atoms with Gasteiger partial charge in [0.05, 0.1) is 5.54 Å². The van der Waals surface area contributed by atoms with Crippen molar-refractivity contribution in [1.82, 2.24) is 9.97 Å². The van der Waals surface area contributed by atoms with Gasteiger partial charge in [-0.2, -0.15) is 0 Å². The molecule has 4 nitrogen and oxygen atoms in total. The lowest BCUT2D eigenvalue weighted by molar-refractivity contribution is 0.287. The van der Waals surface area contributed by atoms with E-state index in [1.807, 2.05) is 6.07 Å². The fraction of sp³-hybridized carbons (Fsp3) is 0.600. The fourth-order valence-corrected chi connectivity index (χ4v) is 2.18. The van der Waals surface area contributed by atoms with Crippen molar-refractivity contribution in [2.75, 3.05) is 18.0 Å².